The van der Waals surface area contributed by atoms with Gasteiger partial charge < -0.3 is 15.0 Å². The van der Waals surface area contributed by atoms with E-state index in [4.69, 9.17) is 4.74 Å². The lowest BCUT2D eigenvalue weighted by molar-refractivity contribution is 0.0951. The number of pyridine rings is 1. The first-order chi connectivity index (χ1) is 15.7. The predicted molar refractivity (Wildman–Crippen MR) is 125 cm³/mol. The van der Waals surface area contributed by atoms with Gasteiger partial charge in [0.2, 0.25) is 0 Å². The summed E-state index contributed by atoms with van der Waals surface area (Å²) in [5.41, 5.74) is 2.61. The largest absolute Gasteiger partial charge is 0.497 e. The van der Waals surface area contributed by atoms with E-state index in [0.717, 1.165) is 50.6 Å². The van der Waals surface area contributed by atoms with Crippen LogP contribution in [0, 0.1) is 6.92 Å². The van der Waals surface area contributed by atoms with E-state index < -0.39 is 0 Å². The summed E-state index contributed by atoms with van der Waals surface area (Å²) in [5.74, 6) is 1.50. The SMILES string of the molecule is COc1ccc(N2CCN(CCCNC(=O)c3cnn(-c4ccccn4)c3C)CC2)cc1. The molecule has 1 fully saturated rings. The number of anilines is 1. The topological polar surface area (TPSA) is 75.5 Å². The number of nitrogens with one attached hydrogen (secondary N) is 1. The van der Waals surface area contributed by atoms with Gasteiger partial charge >= 0.3 is 0 Å². The molecule has 0 saturated carbocycles. The Labute approximate surface area is 188 Å². The first-order valence-corrected chi connectivity index (χ1v) is 11.0. The molecule has 0 aliphatic carbocycles. The Balaban J connectivity index is 1.19. The molecule has 0 unspecified atom stereocenters. The number of amides is 1. The van der Waals surface area contributed by atoms with Crippen LogP contribution in [0.1, 0.15) is 22.5 Å². The minimum atomic E-state index is -0.0889. The van der Waals surface area contributed by atoms with Crippen molar-refractivity contribution in [3.8, 4) is 11.6 Å². The normalized spacial score (nSPS) is 14.4. The summed E-state index contributed by atoms with van der Waals surface area (Å²) in [5, 5.41) is 7.35. The van der Waals surface area contributed by atoms with Gasteiger partial charge in [-0.05, 0) is 56.3 Å². The van der Waals surface area contributed by atoms with Crippen molar-refractivity contribution in [2.75, 3.05) is 51.3 Å². The van der Waals surface area contributed by atoms with Gasteiger partial charge in [0, 0.05) is 44.6 Å². The van der Waals surface area contributed by atoms with Crippen LogP contribution in [0.4, 0.5) is 5.69 Å². The maximum Gasteiger partial charge on any atom is 0.254 e. The molecule has 8 nitrogen and oxygen atoms in total. The Morgan fingerprint density at radius 2 is 1.88 bits per heavy atom. The van der Waals surface area contributed by atoms with Gasteiger partial charge in [-0.3, -0.25) is 9.69 Å². The van der Waals surface area contributed by atoms with Crippen LogP contribution in [0.5, 0.6) is 5.75 Å². The molecule has 0 bridgehead atoms. The zero-order chi connectivity index (χ0) is 22.3. The number of piperazine rings is 1. The molecule has 1 saturated heterocycles. The number of ether oxygens (including phenoxy) is 1. The molecule has 1 aromatic carbocycles. The molecule has 168 valence electrons. The van der Waals surface area contributed by atoms with Crippen molar-refractivity contribution < 1.29 is 9.53 Å². The Kier molecular flexibility index (Phi) is 7.01. The van der Waals surface area contributed by atoms with Crippen molar-refractivity contribution in [1.29, 1.82) is 0 Å². The summed E-state index contributed by atoms with van der Waals surface area (Å²) in [7, 11) is 1.69. The van der Waals surface area contributed by atoms with Crippen LogP contribution in [-0.4, -0.2) is 71.9 Å². The molecule has 32 heavy (non-hydrogen) atoms. The molecule has 0 radical (unpaired) electrons. The van der Waals surface area contributed by atoms with Gasteiger partial charge in [0.25, 0.3) is 5.91 Å². The molecule has 2 aromatic heterocycles. The van der Waals surface area contributed by atoms with E-state index >= 15 is 0 Å². The molecule has 1 aliphatic heterocycles. The summed E-state index contributed by atoms with van der Waals surface area (Å²) in [4.78, 5) is 21.7. The van der Waals surface area contributed by atoms with E-state index in [1.807, 2.05) is 37.3 Å². The zero-order valence-corrected chi connectivity index (χ0v) is 18.7. The van der Waals surface area contributed by atoms with Crippen molar-refractivity contribution in [1.82, 2.24) is 25.0 Å². The molecular formula is C24H30N6O2. The van der Waals surface area contributed by atoms with E-state index in [9.17, 15) is 4.79 Å². The van der Waals surface area contributed by atoms with Crippen molar-refractivity contribution in [2.45, 2.75) is 13.3 Å². The zero-order valence-electron chi connectivity index (χ0n) is 18.7. The smallest absolute Gasteiger partial charge is 0.254 e. The van der Waals surface area contributed by atoms with Gasteiger partial charge in [0.1, 0.15) is 5.75 Å². The van der Waals surface area contributed by atoms with Crippen molar-refractivity contribution in [2.24, 2.45) is 0 Å². The minimum Gasteiger partial charge on any atom is -0.497 e. The van der Waals surface area contributed by atoms with Crippen LogP contribution < -0.4 is 15.0 Å². The Hall–Kier alpha value is -3.39. The van der Waals surface area contributed by atoms with Crippen LogP contribution in [0.3, 0.4) is 0 Å². The first-order valence-electron chi connectivity index (χ1n) is 11.0. The van der Waals surface area contributed by atoms with Gasteiger partial charge in [0.15, 0.2) is 5.82 Å². The van der Waals surface area contributed by atoms with Crippen LogP contribution in [0.15, 0.2) is 54.9 Å². The van der Waals surface area contributed by atoms with Crippen molar-refractivity contribution >= 4 is 11.6 Å². The second-order valence-electron chi connectivity index (χ2n) is 7.88. The summed E-state index contributed by atoms with van der Waals surface area (Å²) < 4.78 is 6.93. The van der Waals surface area contributed by atoms with Gasteiger partial charge in [0.05, 0.1) is 24.6 Å². The fourth-order valence-electron chi connectivity index (χ4n) is 3.97. The lowest BCUT2D eigenvalue weighted by Crippen LogP contribution is -2.47. The number of nitrogens with zero attached hydrogens (tertiary/aromatic N) is 5. The summed E-state index contributed by atoms with van der Waals surface area (Å²) >= 11 is 0. The standard InChI is InChI=1S/C24H30N6O2/c1-19-22(18-27-30(19)23-6-3-4-11-25-23)24(31)26-12-5-13-28-14-16-29(17-15-28)20-7-9-21(32-2)10-8-20/h3-4,6-11,18H,5,12-17H2,1-2H3,(H,26,31). The summed E-state index contributed by atoms with van der Waals surface area (Å²) in [6.45, 7) is 7.56. The quantitative estimate of drug-likeness (QED) is 0.549. The third-order valence-corrected chi connectivity index (χ3v) is 5.87. The third kappa shape index (κ3) is 5.08. The van der Waals surface area contributed by atoms with Gasteiger partial charge in [-0.2, -0.15) is 5.10 Å². The monoisotopic (exact) mass is 434 g/mol. The Bertz CT molecular complexity index is 1010. The molecule has 3 aromatic rings. The number of benzene rings is 1. The minimum absolute atomic E-state index is 0.0889. The average Bonchev–Trinajstić information content (AvgIpc) is 3.24. The lowest BCUT2D eigenvalue weighted by atomic mass is 10.2. The number of carbonyl (C=O) groups excluding carboxylic acids is 1. The van der Waals surface area contributed by atoms with Crippen LogP contribution >= 0.6 is 0 Å². The molecule has 1 amide bonds. The second-order valence-corrected chi connectivity index (χ2v) is 7.88. The summed E-state index contributed by atoms with van der Waals surface area (Å²) in [6, 6.07) is 13.9. The van der Waals surface area contributed by atoms with Crippen molar-refractivity contribution in [3.05, 3.63) is 66.1 Å². The molecule has 3 heterocycles. The molecule has 0 atom stereocenters. The molecule has 1 N–H and O–H groups in total. The lowest BCUT2D eigenvalue weighted by Gasteiger charge is -2.36. The third-order valence-electron chi connectivity index (χ3n) is 5.87. The van der Waals surface area contributed by atoms with Gasteiger partial charge in [-0.1, -0.05) is 6.07 Å². The Morgan fingerprint density at radius 1 is 1.09 bits per heavy atom. The predicted octanol–water partition coefficient (Wildman–Crippen LogP) is 2.53. The summed E-state index contributed by atoms with van der Waals surface area (Å²) in [6.07, 6.45) is 4.24. The van der Waals surface area contributed by atoms with Gasteiger partial charge in [-0.25, -0.2) is 9.67 Å². The number of rotatable bonds is 8. The second kappa shape index (κ2) is 10.3. The van der Waals surface area contributed by atoms with Crippen molar-refractivity contribution in [3.63, 3.8) is 0 Å². The highest BCUT2D eigenvalue weighted by Gasteiger charge is 2.18. The number of carbonyl (C=O) groups is 1. The average molecular weight is 435 g/mol. The van der Waals surface area contributed by atoms with Crippen LogP contribution in [0.25, 0.3) is 5.82 Å². The molecule has 8 heteroatoms. The highest BCUT2D eigenvalue weighted by Crippen LogP contribution is 2.20. The fraction of sp³-hybridized carbons (Fsp3) is 0.375. The Morgan fingerprint density at radius 3 is 2.56 bits per heavy atom. The molecule has 4 rings (SSSR count). The number of methoxy groups -OCH3 is 1. The number of hydrogen-bond donors (Lipinski definition) is 1. The maximum absolute atomic E-state index is 12.6. The number of aromatic nitrogens is 3. The highest BCUT2D eigenvalue weighted by atomic mass is 16.5. The van der Waals surface area contributed by atoms with E-state index in [2.05, 4.69) is 37.3 Å². The van der Waals surface area contributed by atoms with E-state index in [0.29, 0.717) is 17.9 Å². The van der Waals surface area contributed by atoms with E-state index in [1.54, 1.807) is 24.2 Å². The highest BCUT2D eigenvalue weighted by molar-refractivity contribution is 5.95. The van der Waals surface area contributed by atoms with Crippen LogP contribution in [-0.2, 0) is 0 Å². The fourth-order valence-corrected chi connectivity index (χ4v) is 3.97. The number of hydrogen-bond acceptors (Lipinski definition) is 6. The maximum atomic E-state index is 12.6. The van der Waals surface area contributed by atoms with Crippen LogP contribution in [0.2, 0.25) is 0 Å². The van der Waals surface area contributed by atoms with E-state index in [1.165, 1.54) is 5.69 Å². The molecule has 1 aliphatic rings. The molecule has 0 spiro atoms. The molecular weight excluding hydrogens is 404 g/mol. The van der Waals surface area contributed by atoms with E-state index in [-0.39, 0.29) is 5.91 Å². The van der Waals surface area contributed by atoms with Gasteiger partial charge in [-0.15, -0.1) is 0 Å². The first kappa shape index (κ1) is 21.8.